The van der Waals surface area contributed by atoms with Crippen molar-refractivity contribution < 1.29 is 9.84 Å². The molecular weight excluding hydrogens is 315 g/mol. The molecule has 0 bridgehead atoms. The highest BCUT2D eigenvalue weighted by Gasteiger charge is 2.17. The second-order valence-electron chi connectivity index (χ2n) is 5.05. The molecule has 3 aromatic heterocycles. The van der Waals surface area contributed by atoms with Crippen LogP contribution in [0.15, 0.2) is 30.6 Å². The van der Waals surface area contributed by atoms with Gasteiger partial charge in [0.05, 0.1) is 12.8 Å². The van der Waals surface area contributed by atoms with Crippen LogP contribution in [-0.4, -0.2) is 37.3 Å². The third kappa shape index (κ3) is 3.18. The number of nitrogens with one attached hydrogen (secondary N) is 1. The predicted molar refractivity (Wildman–Crippen MR) is 91.5 cm³/mol. The Morgan fingerprint density at radius 2 is 2.22 bits per heavy atom. The molecule has 0 amide bonds. The molecule has 0 aliphatic rings. The number of pyridine rings is 2. The average Bonchev–Trinajstić information content (AvgIpc) is 2.86. The molecule has 120 valence electrons. The fourth-order valence-electron chi connectivity index (χ4n) is 2.08. The molecule has 8 nitrogen and oxygen atoms in total. The van der Waals surface area contributed by atoms with Crippen molar-refractivity contribution in [2.24, 2.45) is 0 Å². The standard InChI is InChI=1S/C14H17N6O2P/c1-8(7-21)18-13-12-10(4-5-16-14(12)20(23)19-13)22-9-2-3-11(15)17-6-9/h2-6,8,21H,7,23H2,1H3,(H2,15,17)(H,18,19)/t8-/m1/s1. The molecule has 3 aromatic rings. The third-order valence-corrected chi connectivity index (χ3v) is 3.56. The van der Waals surface area contributed by atoms with Gasteiger partial charge in [-0.05, 0) is 28.4 Å². The molecule has 0 fully saturated rings. The second kappa shape index (κ2) is 6.36. The van der Waals surface area contributed by atoms with Gasteiger partial charge in [-0.2, -0.15) is 0 Å². The van der Waals surface area contributed by atoms with Gasteiger partial charge >= 0.3 is 0 Å². The van der Waals surface area contributed by atoms with Gasteiger partial charge in [0.15, 0.2) is 11.5 Å². The van der Waals surface area contributed by atoms with Crippen molar-refractivity contribution in [2.75, 3.05) is 17.7 Å². The van der Waals surface area contributed by atoms with E-state index >= 15 is 0 Å². The Hall–Kier alpha value is -2.44. The first kappa shape index (κ1) is 15.5. The first-order chi connectivity index (χ1) is 11.1. The summed E-state index contributed by atoms with van der Waals surface area (Å²) in [4.78, 5) is 8.32. The smallest absolute Gasteiger partial charge is 0.166 e. The summed E-state index contributed by atoms with van der Waals surface area (Å²) in [5.41, 5.74) is 6.22. The van der Waals surface area contributed by atoms with E-state index in [-0.39, 0.29) is 12.6 Å². The van der Waals surface area contributed by atoms with E-state index in [4.69, 9.17) is 10.5 Å². The van der Waals surface area contributed by atoms with Crippen molar-refractivity contribution >= 4 is 32.1 Å². The fourth-order valence-corrected chi connectivity index (χ4v) is 2.39. The fraction of sp³-hybridized carbons (Fsp3) is 0.214. The normalized spacial score (nSPS) is 12.3. The number of nitrogens with zero attached hydrogens (tertiary/aromatic N) is 4. The molecule has 2 atom stereocenters. The van der Waals surface area contributed by atoms with E-state index in [1.807, 2.05) is 6.92 Å². The Balaban J connectivity index is 2.03. The van der Waals surface area contributed by atoms with Crippen LogP contribution in [-0.2, 0) is 0 Å². The van der Waals surface area contributed by atoms with Crippen molar-refractivity contribution in [3.63, 3.8) is 0 Å². The van der Waals surface area contributed by atoms with Gasteiger partial charge in [0.2, 0.25) is 0 Å². The number of fused-ring (bicyclic) bond motifs is 1. The molecule has 9 heteroatoms. The summed E-state index contributed by atoms with van der Waals surface area (Å²) >= 11 is 0. The summed E-state index contributed by atoms with van der Waals surface area (Å²) < 4.78 is 7.47. The molecule has 4 N–H and O–H groups in total. The van der Waals surface area contributed by atoms with Gasteiger partial charge in [0, 0.05) is 18.3 Å². The van der Waals surface area contributed by atoms with E-state index in [0.717, 1.165) is 5.39 Å². The summed E-state index contributed by atoms with van der Waals surface area (Å²) in [5, 5.41) is 17.5. The van der Waals surface area contributed by atoms with Crippen LogP contribution < -0.4 is 15.8 Å². The summed E-state index contributed by atoms with van der Waals surface area (Å²) in [5.74, 6) is 2.16. The Kier molecular flexibility index (Phi) is 4.27. The molecule has 3 rings (SSSR count). The van der Waals surface area contributed by atoms with Crippen molar-refractivity contribution in [3.8, 4) is 11.5 Å². The number of nitrogen functional groups attached to an aromatic ring is 1. The Bertz CT molecular complexity index is 820. The maximum Gasteiger partial charge on any atom is 0.166 e. The van der Waals surface area contributed by atoms with Crippen LogP contribution in [0.4, 0.5) is 11.6 Å². The SMILES string of the molecule is C[C@H](CO)Nc1nn(P)c2nccc(Oc3ccc(N)nc3)c12. The number of aliphatic hydroxyl groups is 1. The Morgan fingerprint density at radius 3 is 2.91 bits per heavy atom. The highest BCUT2D eigenvalue weighted by Crippen LogP contribution is 2.34. The lowest BCUT2D eigenvalue weighted by Crippen LogP contribution is -2.19. The molecule has 0 aliphatic heterocycles. The number of hydrogen-bond acceptors (Lipinski definition) is 7. The molecule has 0 aromatic carbocycles. The number of aliphatic hydroxyl groups excluding tert-OH is 1. The number of aromatic nitrogens is 4. The predicted octanol–water partition coefficient (Wildman–Crippen LogP) is 1.63. The zero-order chi connectivity index (χ0) is 16.4. The van der Waals surface area contributed by atoms with Gasteiger partial charge in [-0.25, -0.2) is 14.4 Å². The number of nitrogens with two attached hydrogens (primary N) is 1. The van der Waals surface area contributed by atoms with Crippen LogP contribution in [0.25, 0.3) is 11.0 Å². The number of rotatable bonds is 5. The molecule has 0 aliphatic carbocycles. The van der Waals surface area contributed by atoms with Crippen molar-refractivity contribution in [1.29, 1.82) is 0 Å². The van der Waals surface area contributed by atoms with Crippen molar-refractivity contribution in [2.45, 2.75) is 13.0 Å². The van der Waals surface area contributed by atoms with Crippen LogP contribution >= 0.6 is 9.39 Å². The van der Waals surface area contributed by atoms with Crippen molar-refractivity contribution in [1.82, 2.24) is 19.5 Å². The van der Waals surface area contributed by atoms with E-state index in [2.05, 4.69) is 29.8 Å². The van der Waals surface area contributed by atoms with E-state index in [1.165, 1.54) is 0 Å². The molecule has 23 heavy (non-hydrogen) atoms. The maximum atomic E-state index is 9.24. The molecule has 1 unspecified atom stereocenters. The zero-order valence-corrected chi connectivity index (χ0v) is 13.6. The van der Waals surface area contributed by atoms with E-state index < -0.39 is 0 Å². The van der Waals surface area contributed by atoms with E-state index in [0.29, 0.717) is 28.8 Å². The van der Waals surface area contributed by atoms with Crippen LogP contribution in [0.2, 0.25) is 0 Å². The average molecular weight is 332 g/mol. The molecule has 3 heterocycles. The van der Waals surface area contributed by atoms with Crippen LogP contribution in [0.5, 0.6) is 11.5 Å². The number of hydrogen-bond donors (Lipinski definition) is 3. The van der Waals surface area contributed by atoms with Crippen LogP contribution in [0.1, 0.15) is 6.92 Å². The van der Waals surface area contributed by atoms with Gasteiger partial charge in [-0.15, -0.1) is 5.10 Å². The quantitative estimate of drug-likeness (QED) is 0.609. The van der Waals surface area contributed by atoms with Crippen LogP contribution in [0, 0.1) is 0 Å². The van der Waals surface area contributed by atoms with Gasteiger partial charge in [-0.1, -0.05) is 0 Å². The Labute approximate surface area is 134 Å². The first-order valence-corrected chi connectivity index (χ1v) is 7.49. The van der Waals surface area contributed by atoms with E-state index in [1.54, 1.807) is 35.0 Å². The summed E-state index contributed by atoms with van der Waals surface area (Å²) in [6.07, 6.45) is 3.19. The summed E-state index contributed by atoms with van der Waals surface area (Å²) in [6.45, 7) is 1.85. The lowest BCUT2D eigenvalue weighted by Gasteiger charge is -2.11. The minimum absolute atomic E-state index is 0.0104. The van der Waals surface area contributed by atoms with Gasteiger partial charge in [0.25, 0.3) is 0 Å². The first-order valence-electron chi connectivity index (χ1n) is 6.98. The lowest BCUT2D eigenvalue weighted by molar-refractivity contribution is 0.281. The molecule has 0 spiro atoms. The zero-order valence-electron chi connectivity index (χ0n) is 12.5. The topological polar surface area (TPSA) is 111 Å². The minimum atomic E-state index is -0.149. The summed E-state index contributed by atoms with van der Waals surface area (Å²) in [6, 6.07) is 5.01. The molecule has 0 saturated carbocycles. The van der Waals surface area contributed by atoms with Gasteiger partial charge < -0.3 is 20.9 Å². The van der Waals surface area contributed by atoms with Crippen LogP contribution in [0.3, 0.4) is 0 Å². The third-order valence-electron chi connectivity index (χ3n) is 3.20. The lowest BCUT2D eigenvalue weighted by atomic mass is 10.2. The number of ether oxygens (including phenoxy) is 1. The monoisotopic (exact) mass is 332 g/mol. The largest absolute Gasteiger partial charge is 0.455 e. The highest BCUT2D eigenvalue weighted by atomic mass is 31.0. The Morgan fingerprint density at radius 1 is 1.39 bits per heavy atom. The molecule has 0 saturated heterocycles. The summed E-state index contributed by atoms with van der Waals surface area (Å²) in [7, 11) is 2.48. The molecular formula is C14H17N6O2P. The highest BCUT2D eigenvalue weighted by molar-refractivity contribution is 7.14. The van der Waals surface area contributed by atoms with Gasteiger partial charge in [-0.3, -0.25) is 0 Å². The van der Waals surface area contributed by atoms with Crippen molar-refractivity contribution in [3.05, 3.63) is 30.6 Å². The molecule has 0 radical (unpaired) electrons. The van der Waals surface area contributed by atoms with Gasteiger partial charge in [0.1, 0.15) is 22.7 Å². The maximum absolute atomic E-state index is 9.24. The minimum Gasteiger partial charge on any atom is -0.455 e. The van der Waals surface area contributed by atoms with E-state index in [9.17, 15) is 5.11 Å². The second-order valence-corrected chi connectivity index (χ2v) is 5.54. The number of anilines is 2.